The van der Waals surface area contributed by atoms with Gasteiger partial charge in [0, 0.05) is 19.2 Å². The predicted molar refractivity (Wildman–Crippen MR) is 100 cm³/mol. The van der Waals surface area contributed by atoms with E-state index in [9.17, 15) is 34.1 Å². The number of nitro groups is 1. The molecule has 0 fully saturated rings. The van der Waals surface area contributed by atoms with E-state index in [-0.39, 0.29) is 22.4 Å². The van der Waals surface area contributed by atoms with E-state index in [0.717, 1.165) is 18.9 Å². The molecule has 0 unspecified atom stereocenters. The lowest BCUT2D eigenvalue weighted by Gasteiger charge is -2.24. The van der Waals surface area contributed by atoms with Crippen LogP contribution in [0.15, 0.2) is 21.7 Å². The fourth-order valence-electron chi connectivity index (χ4n) is 2.91. The molecule has 27 heavy (non-hydrogen) atoms. The summed E-state index contributed by atoms with van der Waals surface area (Å²) in [5.41, 5.74) is -2.32. The van der Waals surface area contributed by atoms with Gasteiger partial charge in [-0.2, -0.15) is 0 Å². The first kappa shape index (κ1) is 20.8. The number of nitro benzene ring substituents is 1. The molecular weight excluding hydrogens is 379 g/mol. The van der Waals surface area contributed by atoms with Crippen LogP contribution in [0.1, 0.15) is 26.7 Å². The predicted octanol–water partition coefficient (Wildman–Crippen LogP) is 1.36. The maximum atomic E-state index is 12.1. The molecule has 1 aromatic carbocycles. The summed E-state index contributed by atoms with van der Waals surface area (Å²) in [6.07, 6.45) is 0.442. The first-order chi connectivity index (χ1) is 12.6. The largest absolute Gasteiger partial charge is 0.366 e. The molecule has 1 heterocycles. The van der Waals surface area contributed by atoms with Gasteiger partial charge in [0.15, 0.2) is 0 Å². The van der Waals surface area contributed by atoms with Crippen LogP contribution in [0.4, 0.5) is 11.4 Å². The van der Waals surface area contributed by atoms with Gasteiger partial charge in [-0.05, 0) is 18.9 Å². The summed E-state index contributed by atoms with van der Waals surface area (Å²) < 4.78 is 12.1. The average Bonchev–Trinajstić information content (AvgIpc) is 2.57. The van der Waals surface area contributed by atoms with E-state index >= 15 is 0 Å². The second kappa shape index (κ2) is 8.03. The van der Waals surface area contributed by atoms with Crippen molar-refractivity contribution in [3.8, 4) is 0 Å². The van der Waals surface area contributed by atoms with Crippen LogP contribution in [0.25, 0.3) is 11.0 Å². The van der Waals surface area contributed by atoms with E-state index in [1.807, 2.05) is 13.8 Å². The summed E-state index contributed by atoms with van der Waals surface area (Å²) in [7, 11) is -4.67. The van der Waals surface area contributed by atoms with Gasteiger partial charge >= 0.3 is 18.7 Å². The van der Waals surface area contributed by atoms with Crippen LogP contribution in [-0.2, 0) is 10.9 Å². The highest BCUT2D eigenvalue weighted by molar-refractivity contribution is 7.50. The van der Waals surface area contributed by atoms with Crippen LogP contribution in [0.5, 0.6) is 0 Å². The third-order valence-corrected chi connectivity index (χ3v) is 4.57. The summed E-state index contributed by atoms with van der Waals surface area (Å²) in [5.74, 6) is 0. The van der Waals surface area contributed by atoms with Gasteiger partial charge in [0.2, 0.25) is 0 Å². The molecule has 3 N–H and O–H groups in total. The Morgan fingerprint density at radius 3 is 2.30 bits per heavy atom. The molecule has 0 spiro atoms. The lowest BCUT2D eigenvalue weighted by molar-refractivity contribution is -0.384. The SMILES string of the molecule is CCCN(CCC)c1cc2c(cc1[N+](=O)[O-])[nH]c(=O)c(=O)n2CP(=O)(O)O. The van der Waals surface area contributed by atoms with E-state index in [1.54, 1.807) is 4.90 Å². The van der Waals surface area contributed by atoms with Gasteiger partial charge in [-0.15, -0.1) is 0 Å². The number of rotatable bonds is 8. The van der Waals surface area contributed by atoms with Gasteiger partial charge in [0.05, 0.1) is 16.0 Å². The Kier molecular flexibility index (Phi) is 6.19. The molecule has 0 radical (unpaired) electrons. The highest BCUT2D eigenvalue weighted by Crippen LogP contribution is 2.38. The zero-order valence-electron chi connectivity index (χ0n) is 14.9. The van der Waals surface area contributed by atoms with Crippen molar-refractivity contribution in [2.45, 2.75) is 33.0 Å². The Labute approximate surface area is 153 Å². The quantitative estimate of drug-likeness (QED) is 0.259. The fraction of sp³-hybridized carbons (Fsp3) is 0.467. The molecule has 2 aromatic rings. The number of nitrogens with one attached hydrogen (secondary N) is 1. The number of aromatic nitrogens is 2. The number of hydrogen-bond acceptors (Lipinski definition) is 6. The first-order valence-electron chi connectivity index (χ1n) is 8.33. The summed E-state index contributed by atoms with van der Waals surface area (Å²) >= 11 is 0. The van der Waals surface area contributed by atoms with Crippen LogP contribution in [0, 0.1) is 10.1 Å². The van der Waals surface area contributed by atoms with Gasteiger partial charge in [-0.25, -0.2) is 0 Å². The molecule has 12 heteroatoms. The average molecular weight is 400 g/mol. The monoisotopic (exact) mass is 400 g/mol. The minimum atomic E-state index is -4.67. The molecule has 0 aliphatic rings. The van der Waals surface area contributed by atoms with Crippen LogP contribution in [0.3, 0.4) is 0 Å². The summed E-state index contributed by atoms with van der Waals surface area (Å²) in [6, 6.07) is 2.44. The Balaban J connectivity index is 2.88. The number of nitrogens with zero attached hydrogens (tertiary/aromatic N) is 3. The molecular formula is C15H21N4O7P. The maximum absolute atomic E-state index is 12.1. The third kappa shape index (κ3) is 4.62. The van der Waals surface area contributed by atoms with Crippen molar-refractivity contribution in [1.29, 1.82) is 0 Å². The normalized spacial score (nSPS) is 11.7. The van der Waals surface area contributed by atoms with Crippen molar-refractivity contribution in [3.05, 3.63) is 43.0 Å². The molecule has 2 rings (SSSR count). The molecule has 0 atom stereocenters. The minimum Gasteiger partial charge on any atom is -0.366 e. The van der Waals surface area contributed by atoms with Gasteiger partial charge in [-0.1, -0.05) is 13.8 Å². The van der Waals surface area contributed by atoms with Gasteiger partial charge < -0.3 is 19.7 Å². The van der Waals surface area contributed by atoms with Crippen molar-refractivity contribution in [1.82, 2.24) is 9.55 Å². The molecule has 0 amide bonds. The number of fused-ring (bicyclic) bond motifs is 1. The fourth-order valence-corrected chi connectivity index (χ4v) is 3.56. The minimum absolute atomic E-state index is 0.0146. The van der Waals surface area contributed by atoms with E-state index in [4.69, 9.17) is 0 Å². The topological polar surface area (TPSA) is 159 Å². The van der Waals surface area contributed by atoms with Gasteiger partial charge in [0.25, 0.3) is 5.69 Å². The number of H-pyrrole nitrogens is 1. The Morgan fingerprint density at radius 2 is 1.81 bits per heavy atom. The van der Waals surface area contributed by atoms with E-state index in [2.05, 4.69) is 4.98 Å². The summed E-state index contributed by atoms with van der Waals surface area (Å²) in [4.78, 5) is 57.4. The van der Waals surface area contributed by atoms with Crippen LogP contribution < -0.4 is 16.0 Å². The van der Waals surface area contributed by atoms with Crippen LogP contribution in [0.2, 0.25) is 0 Å². The zero-order valence-corrected chi connectivity index (χ0v) is 15.8. The molecule has 0 aliphatic heterocycles. The molecule has 0 aliphatic carbocycles. The molecule has 0 bridgehead atoms. The number of hydrogen-bond donors (Lipinski definition) is 3. The lowest BCUT2D eigenvalue weighted by Crippen LogP contribution is -2.36. The van der Waals surface area contributed by atoms with E-state index in [0.29, 0.717) is 17.7 Å². The van der Waals surface area contributed by atoms with Crippen LogP contribution in [-0.4, -0.2) is 37.4 Å². The van der Waals surface area contributed by atoms with E-state index in [1.165, 1.54) is 6.07 Å². The zero-order chi connectivity index (χ0) is 20.4. The first-order valence-corrected chi connectivity index (χ1v) is 10.1. The standard InChI is InChI=1S/C15H21N4O7P/c1-3-5-17(6-4-2)12-8-11-10(7-13(12)19(22)23)16-14(20)15(21)18(11)9-27(24,25)26/h7-8H,3-6,9H2,1-2H3,(H,16,20)(H2,24,25,26). The highest BCUT2D eigenvalue weighted by atomic mass is 31.2. The molecule has 1 aromatic heterocycles. The Morgan fingerprint density at radius 1 is 1.22 bits per heavy atom. The molecule has 0 saturated heterocycles. The van der Waals surface area contributed by atoms with Crippen molar-refractivity contribution >= 4 is 30.0 Å². The highest BCUT2D eigenvalue weighted by Gasteiger charge is 2.24. The van der Waals surface area contributed by atoms with Crippen LogP contribution >= 0.6 is 7.60 Å². The molecule has 11 nitrogen and oxygen atoms in total. The molecule has 0 saturated carbocycles. The summed E-state index contributed by atoms with van der Waals surface area (Å²) in [5, 5.41) is 11.5. The van der Waals surface area contributed by atoms with Crippen molar-refractivity contribution < 1.29 is 19.3 Å². The molecule has 148 valence electrons. The van der Waals surface area contributed by atoms with Crippen molar-refractivity contribution in [2.24, 2.45) is 0 Å². The Bertz CT molecular complexity index is 1020. The third-order valence-electron chi connectivity index (χ3n) is 3.92. The van der Waals surface area contributed by atoms with E-state index < -0.39 is 29.9 Å². The second-order valence-electron chi connectivity index (χ2n) is 6.10. The van der Waals surface area contributed by atoms with Gasteiger partial charge in [-0.3, -0.25) is 28.8 Å². The smallest absolute Gasteiger partial charge is 0.345 e. The lowest BCUT2D eigenvalue weighted by atomic mass is 10.2. The number of anilines is 1. The van der Waals surface area contributed by atoms with Crippen molar-refractivity contribution in [3.63, 3.8) is 0 Å². The summed E-state index contributed by atoms with van der Waals surface area (Å²) in [6.45, 7) is 4.87. The van der Waals surface area contributed by atoms with Gasteiger partial charge in [0.1, 0.15) is 12.0 Å². The maximum Gasteiger partial charge on any atom is 0.345 e. The Hall–Kier alpha value is -2.49. The van der Waals surface area contributed by atoms with Crippen molar-refractivity contribution in [2.75, 3.05) is 18.0 Å². The number of aromatic amines is 1. The second-order valence-corrected chi connectivity index (χ2v) is 7.71. The number of benzene rings is 1.